The summed E-state index contributed by atoms with van der Waals surface area (Å²) in [6.45, 7) is 6.08. The van der Waals surface area contributed by atoms with Crippen LogP contribution in [-0.2, 0) is 14.3 Å². The van der Waals surface area contributed by atoms with Crippen molar-refractivity contribution in [2.24, 2.45) is 11.8 Å². The molecule has 30 heavy (non-hydrogen) atoms. The minimum absolute atomic E-state index is 0.278. The Morgan fingerprint density at radius 1 is 1.10 bits per heavy atom. The van der Waals surface area contributed by atoms with Crippen molar-refractivity contribution in [3.05, 3.63) is 64.9 Å². The van der Waals surface area contributed by atoms with Crippen molar-refractivity contribution in [2.45, 2.75) is 32.6 Å². The average molecular weight is 431 g/mol. The highest BCUT2D eigenvalue weighted by Crippen LogP contribution is 2.49. The number of piperidine rings is 1. The Labute approximate surface area is 181 Å². The summed E-state index contributed by atoms with van der Waals surface area (Å²) in [6, 6.07) is 14.8. The summed E-state index contributed by atoms with van der Waals surface area (Å²) < 4.78 is 25.8. The predicted molar refractivity (Wildman–Crippen MR) is 112 cm³/mol. The quantitative estimate of drug-likeness (QED) is 0.597. The van der Waals surface area contributed by atoms with Crippen molar-refractivity contribution >= 4 is 23.2 Å². The molecule has 158 valence electrons. The standard InChI is InChI=1S/C23H24ClFN2O3/c1-4-29-23(30-5-2)15(3)21(16-6-8-17(24)9-7-16)20(14-26)22(28)27(23)19-12-10-18(25)11-13-19/h6-13,15,20-21H,4-5H2,1-3H3/t15-,20-,21-/m0/s1. The molecule has 0 radical (unpaired) electrons. The maximum absolute atomic E-state index is 13.6. The van der Waals surface area contributed by atoms with Gasteiger partial charge in [0.15, 0.2) is 0 Å². The van der Waals surface area contributed by atoms with Crippen molar-refractivity contribution < 1.29 is 18.7 Å². The van der Waals surface area contributed by atoms with Crippen LogP contribution in [0, 0.1) is 29.0 Å². The van der Waals surface area contributed by atoms with E-state index in [0.29, 0.717) is 10.7 Å². The van der Waals surface area contributed by atoms with Crippen molar-refractivity contribution in [2.75, 3.05) is 18.1 Å². The molecule has 1 saturated heterocycles. The predicted octanol–water partition coefficient (Wildman–Crippen LogP) is 5.11. The van der Waals surface area contributed by atoms with Crippen LogP contribution in [0.1, 0.15) is 32.3 Å². The molecule has 2 aromatic carbocycles. The van der Waals surface area contributed by atoms with Gasteiger partial charge in [0.25, 0.3) is 5.91 Å². The van der Waals surface area contributed by atoms with Crippen LogP contribution in [0.3, 0.4) is 0 Å². The van der Waals surface area contributed by atoms with Gasteiger partial charge in [0.1, 0.15) is 11.7 Å². The van der Waals surface area contributed by atoms with Gasteiger partial charge in [-0.2, -0.15) is 5.26 Å². The second-order valence-corrected chi connectivity index (χ2v) is 7.56. The molecule has 5 nitrogen and oxygen atoms in total. The molecule has 1 aliphatic rings. The van der Waals surface area contributed by atoms with Crippen LogP contribution in [0.4, 0.5) is 10.1 Å². The number of rotatable bonds is 6. The van der Waals surface area contributed by atoms with Crippen LogP contribution in [0.5, 0.6) is 0 Å². The van der Waals surface area contributed by atoms with Crippen LogP contribution < -0.4 is 4.90 Å². The lowest BCUT2D eigenvalue weighted by atomic mass is 9.72. The van der Waals surface area contributed by atoms with Crippen molar-refractivity contribution in [3.63, 3.8) is 0 Å². The minimum Gasteiger partial charge on any atom is -0.332 e. The summed E-state index contributed by atoms with van der Waals surface area (Å²) in [5.74, 6) is -4.19. The van der Waals surface area contributed by atoms with Crippen molar-refractivity contribution in [1.29, 1.82) is 5.26 Å². The fourth-order valence-corrected chi connectivity index (χ4v) is 4.34. The van der Waals surface area contributed by atoms with Gasteiger partial charge in [-0.3, -0.25) is 9.69 Å². The number of ether oxygens (including phenoxy) is 2. The zero-order valence-electron chi connectivity index (χ0n) is 17.1. The smallest absolute Gasteiger partial charge is 0.261 e. The number of hydrogen-bond acceptors (Lipinski definition) is 4. The molecule has 0 N–H and O–H groups in total. The molecular weight excluding hydrogens is 407 g/mol. The molecule has 2 aromatic rings. The Bertz CT molecular complexity index is 921. The monoisotopic (exact) mass is 430 g/mol. The van der Waals surface area contributed by atoms with E-state index in [1.807, 2.05) is 32.9 Å². The van der Waals surface area contributed by atoms with Crippen LogP contribution in [-0.4, -0.2) is 25.0 Å². The normalized spacial score (nSPS) is 23.3. The molecule has 1 aliphatic heterocycles. The Morgan fingerprint density at radius 2 is 1.67 bits per heavy atom. The fourth-order valence-electron chi connectivity index (χ4n) is 4.21. The largest absolute Gasteiger partial charge is 0.332 e. The van der Waals surface area contributed by atoms with Gasteiger partial charge in [0.05, 0.1) is 6.07 Å². The molecular formula is C23H24ClFN2O3. The minimum atomic E-state index is -1.45. The van der Waals surface area contributed by atoms with Crippen LogP contribution in [0.25, 0.3) is 0 Å². The molecule has 0 aliphatic carbocycles. The van der Waals surface area contributed by atoms with Gasteiger partial charge < -0.3 is 9.47 Å². The zero-order valence-corrected chi connectivity index (χ0v) is 17.9. The maximum atomic E-state index is 13.6. The van der Waals surface area contributed by atoms with E-state index in [-0.39, 0.29) is 13.2 Å². The van der Waals surface area contributed by atoms with Crippen molar-refractivity contribution in [3.8, 4) is 6.07 Å². The Kier molecular flexibility index (Phi) is 6.77. The maximum Gasteiger partial charge on any atom is 0.261 e. The van der Waals surface area contributed by atoms with E-state index in [0.717, 1.165) is 5.56 Å². The van der Waals surface area contributed by atoms with E-state index in [4.69, 9.17) is 21.1 Å². The number of carbonyl (C=O) groups excluding carboxylic acids is 1. The lowest BCUT2D eigenvalue weighted by molar-refractivity contribution is -0.270. The van der Waals surface area contributed by atoms with Gasteiger partial charge in [-0.25, -0.2) is 4.39 Å². The van der Waals surface area contributed by atoms with E-state index < -0.39 is 35.4 Å². The number of carbonyl (C=O) groups is 1. The summed E-state index contributed by atoms with van der Waals surface area (Å²) in [6.07, 6.45) is 0. The number of nitrogens with zero attached hydrogens (tertiary/aromatic N) is 2. The topological polar surface area (TPSA) is 62.6 Å². The highest BCUT2D eigenvalue weighted by molar-refractivity contribution is 6.30. The Morgan fingerprint density at radius 3 is 2.17 bits per heavy atom. The summed E-state index contributed by atoms with van der Waals surface area (Å²) in [4.78, 5) is 15.0. The first kappa shape index (κ1) is 22.2. The molecule has 3 rings (SSSR count). The molecule has 0 aromatic heterocycles. The highest BCUT2D eigenvalue weighted by Gasteiger charge is 2.59. The molecule has 1 heterocycles. The fraction of sp³-hybridized carbons (Fsp3) is 0.391. The number of hydrogen-bond donors (Lipinski definition) is 0. The zero-order chi connectivity index (χ0) is 21.9. The molecule has 0 bridgehead atoms. The van der Waals surface area contributed by atoms with Gasteiger partial charge in [-0.15, -0.1) is 0 Å². The average Bonchev–Trinajstić information content (AvgIpc) is 2.73. The molecule has 3 atom stereocenters. The number of amides is 1. The van der Waals surface area contributed by atoms with Crippen LogP contribution in [0.2, 0.25) is 5.02 Å². The third kappa shape index (κ3) is 3.81. The third-order valence-corrected chi connectivity index (χ3v) is 5.70. The van der Waals surface area contributed by atoms with Gasteiger partial charge in [-0.05, 0) is 55.8 Å². The second-order valence-electron chi connectivity index (χ2n) is 7.12. The molecule has 1 amide bonds. The van der Waals surface area contributed by atoms with E-state index in [2.05, 4.69) is 6.07 Å². The molecule has 0 spiro atoms. The highest BCUT2D eigenvalue weighted by atomic mass is 35.5. The summed E-state index contributed by atoms with van der Waals surface area (Å²) >= 11 is 6.04. The van der Waals surface area contributed by atoms with E-state index >= 15 is 0 Å². The van der Waals surface area contributed by atoms with Crippen LogP contribution in [0.15, 0.2) is 48.5 Å². The molecule has 1 fully saturated rings. The molecule has 0 unspecified atom stereocenters. The lowest BCUT2D eigenvalue weighted by Crippen LogP contribution is -2.67. The van der Waals surface area contributed by atoms with Gasteiger partial charge >= 0.3 is 0 Å². The van der Waals surface area contributed by atoms with Gasteiger partial charge in [-0.1, -0.05) is 30.7 Å². The summed E-state index contributed by atoms with van der Waals surface area (Å²) in [5.41, 5.74) is 1.21. The summed E-state index contributed by atoms with van der Waals surface area (Å²) in [5, 5.41) is 10.5. The van der Waals surface area contributed by atoms with Crippen molar-refractivity contribution in [1.82, 2.24) is 0 Å². The first-order chi connectivity index (χ1) is 14.4. The summed E-state index contributed by atoms with van der Waals surface area (Å²) in [7, 11) is 0. The lowest BCUT2D eigenvalue weighted by Gasteiger charge is -2.53. The SMILES string of the molecule is CCOC1(OCC)[C@@H](C)[C@@H](c2ccc(Cl)cc2)[C@H](C#N)C(=O)N1c1ccc(F)cc1. The Balaban J connectivity index is 2.20. The number of anilines is 1. The number of halogens is 2. The molecule has 0 saturated carbocycles. The van der Waals surface area contributed by atoms with Crippen LogP contribution >= 0.6 is 11.6 Å². The first-order valence-corrected chi connectivity index (χ1v) is 10.3. The van der Waals surface area contributed by atoms with Gasteiger partial charge in [0.2, 0.25) is 5.91 Å². The molecule has 7 heteroatoms. The second kappa shape index (κ2) is 9.13. The first-order valence-electron chi connectivity index (χ1n) is 9.92. The Hall–Kier alpha value is -2.46. The van der Waals surface area contributed by atoms with Gasteiger partial charge in [0, 0.05) is 35.8 Å². The third-order valence-electron chi connectivity index (χ3n) is 5.45. The van der Waals surface area contributed by atoms with E-state index in [1.54, 1.807) is 12.1 Å². The van der Waals surface area contributed by atoms with E-state index in [9.17, 15) is 14.4 Å². The number of nitriles is 1. The number of benzene rings is 2. The van der Waals surface area contributed by atoms with E-state index in [1.165, 1.54) is 29.2 Å².